The minimum atomic E-state index is 0.429. The summed E-state index contributed by atoms with van der Waals surface area (Å²) in [6, 6.07) is 0. The maximum absolute atomic E-state index is 4.89. The fraction of sp³-hybridized carbons (Fsp3) is 0.714. The first-order chi connectivity index (χ1) is 9.67. The summed E-state index contributed by atoms with van der Waals surface area (Å²) in [5, 5.41) is 4.42. The van der Waals surface area contributed by atoms with Crippen LogP contribution in [-0.2, 0) is 6.42 Å². The van der Waals surface area contributed by atoms with Crippen molar-refractivity contribution >= 4 is 51.9 Å². The van der Waals surface area contributed by atoms with Gasteiger partial charge in [0.15, 0.2) is 0 Å². The Morgan fingerprint density at radius 2 is 2.00 bits per heavy atom. The third-order valence-electron chi connectivity index (χ3n) is 3.21. The van der Waals surface area contributed by atoms with Gasteiger partial charge in [-0.3, -0.25) is 0 Å². The highest BCUT2D eigenvalue weighted by atomic mass is 127. The van der Waals surface area contributed by atoms with Crippen LogP contribution in [0.2, 0.25) is 0 Å². The van der Waals surface area contributed by atoms with E-state index in [1.54, 1.807) is 0 Å². The summed E-state index contributed by atoms with van der Waals surface area (Å²) >= 11 is 6.43. The normalized spacial score (nSPS) is 22.8. The van der Waals surface area contributed by atoms with Gasteiger partial charge >= 0.3 is 0 Å². The van der Waals surface area contributed by atoms with Gasteiger partial charge in [-0.25, -0.2) is 9.97 Å². The zero-order valence-electron chi connectivity index (χ0n) is 12.3. The van der Waals surface area contributed by atoms with Crippen LogP contribution in [0.4, 0.5) is 5.82 Å². The summed E-state index contributed by atoms with van der Waals surface area (Å²) in [7, 11) is 0. The number of hydrogen-bond donors (Lipinski definition) is 1. The predicted molar refractivity (Wildman–Crippen MR) is 100 cm³/mol. The molecule has 1 aromatic heterocycles. The lowest BCUT2D eigenvalue weighted by Crippen LogP contribution is -2.20. The number of aryl methyl sites for hydroxylation is 1. The zero-order chi connectivity index (χ0) is 14.5. The van der Waals surface area contributed by atoms with Gasteiger partial charge in [0.1, 0.15) is 11.6 Å². The van der Waals surface area contributed by atoms with Crippen molar-refractivity contribution in [3.8, 4) is 0 Å². The van der Waals surface area contributed by atoms with Crippen molar-refractivity contribution < 1.29 is 0 Å². The molecule has 2 heterocycles. The summed E-state index contributed by atoms with van der Waals surface area (Å²) in [5.74, 6) is 4.49. The van der Waals surface area contributed by atoms with Gasteiger partial charge in [-0.1, -0.05) is 20.3 Å². The average molecular weight is 423 g/mol. The average Bonchev–Trinajstić information content (AvgIpc) is 2.44. The molecule has 2 rings (SSSR count). The van der Waals surface area contributed by atoms with Gasteiger partial charge in [0.25, 0.3) is 0 Å². The number of nitrogens with one attached hydrogen (secondary N) is 1. The Morgan fingerprint density at radius 1 is 1.25 bits per heavy atom. The molecule has 0 radical (unpaired) electrons. The Morgan fingerprint density at radius 3 is 2.65 bits per heavy atom. The molecule has 2 unspecified atom stereocenters. The number of thioether (sulfide) groups is 2. The third kappa shape index (κ3) is 3.94. The number of hydrogen-bond acceptors (Lipinski definition) is 5. The van der Waals surface area contributed by atoms with Crippen LogP contribution in [0.3, 0.4) is 0 Å². The number of aromatic nitrogens is 2. The molecule has 2 atom stereocenters. The van der Waals surface area contributed by atoms with Crippen molar-refractivity contribution in [2.75, 3.05) is 23.4 Å². The molecule has 1 saturated heterocycles. The lowest BCUT2D eigenvalue weighted by molar-refractivity contribution is 0.782. The van der Waals surface area contributed by atoms with E-state index in [0.717, 1.165) is 31.0 Å². The lowest BCUT2D eigenvalue weighted by atomic mass is 10.2. The van der Waals surface area contributed by atoms with Crippen LogP contribution < -0.4 is 5.32 Å². The van der Waals surface area contributed by atoms with Gasteiger partial charge in [0.2, 0.25) is 0 Å². The summed E-state index contributed by atoms with van der Waals surface area (Å²) in [6.07, 6.45) is 2.16. The third-order valence-corrected chi connectivity index (χ3v) is 7.43. The van der Waals surface area contributed by atoms with E-state index >= 15 is 0 Å². The van der Waals surface area contributed by atoms with E-state index in [9.17, 15) is 0 Å². The predicted octanol–water partition coefficient (Wildman–Crippen LogP) is 4.38. The summed E-state index contributed by atoms with van der Waals surface area (Å²) in [5.41, 5.74) is 1.21. The monoisotopic (exact) mass is 423 g/mol. The van der Waals surface area contributed by atoms with Crippen molar-refractivity contribution in [1.29, 1.82) is 0 Å². The highest BCUT2D eigenvalue weighted by Crippen LogP contribution is 2.41. The highest BCUT2D eigenvalue weighted by Gasteiger charge is 2.28. The summed E-state index contributed by atoms with van der Waals surface area (Å²) in [4.78, 5) is 9.70. The molecule has 0 spiro atoms. The molecule has 112 valence electrons. The first kappa shape index (κ1) is 16.7. The van der Waals surface area contributed by atoms with Crippen molar-refractivity contribution in [2.24, 2.45) is 0 Å². The minimum absolute atomic E-state index is 0.429. The molecule has 1 aliphatic heterocycles. The van der Waals surface area contributed by atoms with Crippen LogP contribution in [0, 0.1) is 3.57 Å². The van der Waals surface area contributed by atoms with Gasteiger partial charge in [0, 0.05) is 23.3 Å². The van der Waals surface area contributed by atoms with Crippen LogP contribution in [0.1, 0.15) is 44.0 Å². The second kappa shape index (κ2) is 8.08. The van der Waals surface area contributed by atoms with Gasteiger partial charge in [-0.15, -0.1) is 11.8 Å². The Kier molecular flexibility index (Phi) is 6.74. The van der Waals surface area contributed by atoms with Crippen molar-refractivity contribution in [3.05, 3.63) is 15.1 Å². The lowest BCUT2D eigenvalue weighted by Gasteiger charge is -2.27. The maximum atomic E-state index is 4.89. The molecular formula is C14H22IN3S2. The van der Waals surface area contributed by atoms with Gasteiger partial charge in [0.05, 0.1) is 14.5 Å². The first-order valence-corrected chi connectivity index (χ1v) is 10.4. The fourth-order valence-corrected chi connectivity index (χ4v) is 5.63. The molecule has 3 nitrogen and oxygen atoms in total. The molecule has 0 aromatic carbocycles. The number of nitrogens with zero attached hydrogens (tertiary/aromatic N) is 2. The zero-order valence-corrected chi connectivity index (χ0v) is 16.1. The van der Waals surface area contributed by atoms with Crippen LogP contribution in [0.15, 0.2) is 0 Å². The van der Waals surface area contributed by atoms with Gasteiger partial charge in [-0.2, -0.15) is 11.8 Å². The largest absolute Gasteiger partial charge is 0.369 e. The van der Waals surface area contributed by atoms with E-state index in [1.807, 2.05) is 23.5 Å². The molecule has 1 aliphatic rings. The van der Waals surface area contributed by atoms with Crippen LogP contribution >= 0.6 is 46.1 Å². The Hall–Kier alpha value is 0.310. The second-order valence-electron chi connectivity index (χ2n) is 4.84. The molecule has 1 N–H and O–H groups in total. The van der Waals surface area contributed by atoms with E-state index in [1.165, 1.54) is 20.8 Å². The van der Waals surface area contributed by atoms with Crippen molar-refractivity contribution in [2.45, 2.75) is 44.1 Å². The van der Waals surface area contributed by atoms with Crippen molar-refractivity contribution in [3.63, 3.8) is 0 Å². The molecule has 1 aromatic rings. The fourth-order valence-electron chi connectivity index (χ4n) is 2.24. The first-order valence-electron chi connectivity index (χ1n) is 7.20. The molecule has 0 aliphatic carbocycles. The van der Waals surface area contributed by atoms with E-state index in [2.05, 4.69) is 48.7 Å². The number of halogens is 1. The summed E-state index contributed by atoms with van der Waals surface area (Å²) in [6.45, 7) is 7.53. The second-order valence-corrected chi connectivity index (χ2v) is 8.65. The highest BCUT2D eigenvalue weighted by molar-refractivity contribution is 14.1. The Balaban J connectivity index is 2.36. The number of rotatable bonds is 5. The topological polar surface area (TPSA) is 37.8 Å². The molecule has 6 heteroatoms. The number of anilines is 1. The molecule has 0 saturated carbocycles. The van der Waals surface area contributed by atoms with E-state index in [0.29, 0.717) is 10.5 Å². The molecule has 0 amide bonds. The van der Waals surface area contributed by atoms with Crippen LogP contribution in [0.25, 0.3) is 0 Å². The van der Waals surface area contributed by atoms with Crippen molar-refractivity contribution in [1.82, 2.24) is 9.97 Å². The van der Waals surface area contributed by atoms with E-state index in [4.69, 9.17) is 9.97 Å². The molecule has 1 fully saturated rings. The summed E-state index contributed by atoms with van der Waals surface area (Å²) < 4.78 is 1.19. The Bertz CT molecular complexity index is 429. The van der Waals surface area contributed by atoms with Gasteiger partial charge < -0.3 is 5.32 Å². The molecular weight excluding hydrogens is 401 g/mol. The van der Waals surface area contributed by atoms with E-state index < -0.39 is 0 Å². The minimum Gasteiger partial charge on any atom is -0.369 e. The van der Waals surface area contributed by atoms with Crippen LogP contribution in [-0.4, -0.2) is 33.3 Å². The standard InChI is InChI=1S/C14H22IN3S2/c1-4-6-10-11(15)13(16-5-2)18-14(17-10)12-9(3)19-7-8-20-12/h9,12H,4-8H2,1-3H3,(H,16,17,18). The Labute approximate surface area is 144 Å². The van der Waals surface area contributed by atoms with Crippen LogP contribution in [0.5, 0.6) is 0 Å². The molecule has 20 heavy (non-hydrogen) atoms. The van der Waals surface area contributed by atoms with E-state index in [-0.39, 0.29) is 0 Å². The quantitative estimate of drug-likeness (QED) is 0.712. The SMILES string of the molecule is CCCc1nc(C2SCCSC2C)nc(NCC)c1I. The molecule has 0 bridgehead atoms. The smallest absolute Gasteiger partial charge is 0.145 e. The van der Waals surface area contributed by atoms with Gasteiger partial charge in [-0.05, 0) is 35.9 Å². The maximum Gasteiger partial charge on any atom is 0.145 e.